The van der Waals surface area contributed by atoms with E-state index in [1.54, 1.807) is 0 Å². The van der Waals surface area contributed by atoms with Gasteiger partial charge in [0.25, 0.3) is 0 Å². The molecule has 1 saturated carbocycles. The monoisotopic (exact) mass is 223 g/mol. The molecule has 0 aliphatic heterocycles. The van der Waals surface area contributed by atoms with Crippen molar-refractivity contribution in [2.75, 3.05) is 13.2 Å². The Labute approximate surface area is 96.7 Å². The quantitative estimate of drug-likeness (QED) is 0.780. The van der Waals surface area contributed by atoms with Crippen molar-refractivity contribution in [1.29, 1.82) is 0 Å². The van der Waals surface area contributed by atoms with Crippen molar-refractivity contribution < 1.29 is 5.11 Å². The van der Waals surface area contributed by atoms with Gasteiger partial charge in [-0.25, -0.2) is 0 Å². The minimum Gasteiger partial charge on any atom is -0.396 e. The number of hydrogen-bond donors (Lipinski definition) is 2. The molecule has 0 radical (unpaired) electrons. The van der Waals surface area contributed by atoms with Gasteiger partial charge in [0, 0.05) is 32.0 Å². The summed E-state index contributed by atoms with van der Waals surface area (Å²) in [6, 6.07) is 0. The summed E-state index contributed by atoms with van der Waals surface area (Å²) in [4.78, 5) is 0. The summed E-state index contributed by atoms with van der Waals surface area (Å²) in [5.74, 6) is 1.17. The molecule has 0 spiro atoms. The first-order valence-electron chi connectivity index (χ1n) is 6.08. The van der Waals surface area contributed by atoms with Gasteiger partial charge in [-0.3, -0.25) is 4.68 Å². The number of aliphatic hydroxyl groups is 1. The van der Waals surface area contributed by atoms with Gasteiger partial charge in [-0.05, 0) is 31.2 Å². The average Bonchev–Trinajstić information content (AvgIpc) is 2.87. The number of nitrogens with zero attached hydrogens (tertiary/aromatic N) is 2. The van der Waals surface area contributed by atoms with Gasteiger partial charge in [0.15, 0.2) is 0 Å². The standard InChI is InChI=1S/C12H21N3O/c1-15-8-10(6-14-15)5-13-7-11-3-2-4-12(11)9-16/h6,8,11-13,16H,2-5,7,9H2,1H3. The molecular formula is C12H21N3O. The Morgan fingerprint density at radius 2 is 2.31 bits per heavy atom. The Bertz CT molecular complexity index is 324. The van der Waals surface area contributed by atoms with E-state index in [1.807, 2.05) is 24.1 Å². The van der Waals surface area contributed by atoms with Crippen LogP contribution in [0.25, 0.3) is 0 Å². The molecule has 0 aromatic carbocycles. The zero-order valence-corrected chi connectivity index (χ0v) is 9.89. The number of aryl methyl sites for hydroxylation is 1. The van der Waals surface area contributed by atoms with Gasteiger partial charge in [-0.15, -0.1) is 0 Å². The summed E-state index contributed by atoms with van der Waals surface area (Å²) in [6.45, 7) is 2.24. The third-order valence-corrected chi connectivity index (χ3v) is 3.55. The topological polar surface area (TPSA) is 50.1 Å². The normalized spacial score (nSPS) is 25.1. The molecule has 4 nitrogen and oxygen atoms in total. The Morgan fingerprint density at radius 3 is 3.00 bits per heavy atom. The van der Waals surface area contributed by atoms with Gasteiger partial charge in [0.05, 0.1) is 6.20 Å². The van der Waals surface area contributed by atoms with E-state index in [0.717, 1.165) is 13.1 Å². The second-order valence-corrected chi connectivity index (χ2v) is 4.79. The molecule has 1 aliphatic carbocycles. The highest BCUT2D eigenvalue weighted by Gasteiger charge is 2.25. The maximum absolute atomic E-state index is 9.22. The molecule has 16 heavy (non-hydrogen) atoms. The second kappa shape index (κ2) is 5.46. The van der Waals surface area contributed by atoms with Crippen LogP contribution in [0.1, 0.15) is 24.8 Å². The van der Waals surface area contributed by atoms with Crippen molar-refractivity contribution in [1.82, 2.24) is 15.1 Å². The molecule has 0 saturated heterocycles. The van der Waals surface area contributed by atoms with E-state index >= 15 is 0 Å². The first kappa shape index (κ1) is 11.6. The molecule has 2 unspecified atom stereocenters. The average molecular weight is 223 g/mol. The molecule has 2 N–H and O–H groups in total. The lowest BCUT2D eigenvalue weighted by Crippen LogP contribution is -2.26. The Balaban J connectivity index is 1.71. The summed E-state index contributed by atoms with van der Waals surface area (Å²) < 4.78 is 1.82. The highest BCUT2D eigenvalue weighted by atomic mass is 16.3. The van der Waals surface area contributed by atoms with Crippen LogP contribution in [0.3, 0.4) is 0 Å². The lowest BCUT2D eigenvalue weighted by atomic mass is 9.97. The minimum atomic E-state index is 0.346. The lowest BCUT2D eigenvalue weighted by Gasteiger charge is -2.17. The third-order valence-electron chi connectivity index (χ3n) is 3.55. The number of hydrogen-bond acceptors (Lipinski definition) is 3. The summed E-state index contributed by atoms with van der Waals surface area (Å²) >= 11 is 0. The van der Waals surface area contributed by atoms with Crippen LogP contribution in [-0.2, 0) is 13.6 Å². The van der Waals surface area contributed by atoms with E-state index in [9.17, 15) is 5.11 Å². The SMILES string of the molecule is Cn1cc(CNCC2CCCC2CO)cn1. The van der Waals surface area contributed by atoms with Crippen LogP contribution in [0.15, 0.2) is 12.4 Å². The summed E-state index contributed by atoms with van der Waals surface area (Å²) in [5, 5.41) is 16.8. The molecule has 1 aliphatic rings. The number of aliphatic hydroxyl groups excluding tert-OH is 1. The van der Waals surface area contributed by atoms with E-state index in [0.29, 0.717) is 18.4 Å². The Kier molecular flexibility index (Phi) is 3.96. The van der Waals surface area contributed by atoms with Crippen LogP contribution in [0.5, 0.6) is 0 Å². The fourth-order valence-electron chi connectivity index (χ4n) is 2.59. The van der Waals surface area contributed by atoms with Crippen LogP contribution in [0.4, 0.5) is 0 Å². The highest BCUT2D eigenvalue weighted by Crippen LogP contribution is 2.30. The van der Waals surface area contributed by atoms with E-state index in [2.05, 4.69) is 10.4 Å². The molecule has 2 atom stereocenters. The van der Waals surface area contributed by atoms with Gasteiger partial charge in [0.1, 0.15) is 0 Å². The van der Waals surface area contributed by atoms with Crippen LogP contribution in [-0.4, -0.2) is 28.0 Å². The van der Waals surface area contributed by atoms with Crippen molar-refractivity contribution in [3.8, 4) is 0 Å². The largest absolute Gasteiger partial charge is 0.396 e. The van der Waals surface area contributed by atoms with Gasteiger partial charge in [-0.1, -0.05) is 6.42 Å². The van der Waals surface area contributed by atoms with Crippen molar-refractivity contribution >= 4 is 0 Å². The van der Waals surface area contributed by atoms with Gasteiger partial charge in [-0.2, -0.15) is 5.10 Å². The first-order chi connectivity index (χ1) is 7.79. The zero-order valence-electron chi connectivity index (χ0n) is 9.89. The van der Waals surface area contributed by atoms with E-state index < -0.39 is 0 Å². The van der Waals surface area contributed by atoms with Gasteiger partial charge in [0.2, 0.25) is 0 Å². The predicted molar refractivity (Wildman–Crippen MR) is 62.8 cm³/mol. The molecule has 4 heteroatoms. The maximum Gasteiger partial charge on any atom is 0.0534 e. The molecule has 2 rings (SSSR count). The van der Waals surface area contributed by atoms with Crippen LogP contribution < -0.4 is 5.32 Å². The Hall–Kier alpha value is -0.870. The number of nitrogens with one attached hydrogen (secondary N) is 1. The van der Waals surface area contributed by atoms with Crippen LogP contribution >= 0.6 is 0 Å². The fourth-order valence-corrected chi connectivity index (χ4v) is 2.59. The number of rotatable bonds is 5. The fraction of sp³-hybridized carbons (Fsp3) is 0.750. The maximum atomic E-state index is 9.22. The van der Waals surface area contributed by atoms with E-state index in [-0.39, 0.29) is 0 Å². The van der Waals surface area contributed by atoms with Crippen molar-refractivity contribution in [3.05, 3.63) is 18.0 Å². The second-order valence-electron chi connectivity index (χ2n) is 4.79. The van der Waals surface area contributed by atoms with E-state index in [1.165, 1.54) is 24.8 Å². The lowest BCUT2D eigenvalue weighted by molar-refractivity contribution is 0.192. The van der Waals surface area contributed by atoms with Gasteiger partial charge < -0.3 is 10.4 Å². The zero-order chi connectivity index (χ0) is 11.4. The predicted octanol–water partition coefficient (Wildman–Crippen LogP) is 0.918. The van der Waals surface area contributed by atoms with Crippen molar-refractivity contribution in [3.63, 3.8) is 0 Å². The van der Waals surface area contributed by atoms with E-state index in [4.69, 9.17) is 0 Å². The van der Waals surface area contributed by atoms with Crippen LogP contribution in [0, 0.1) is 11.8 Å². The van der Waals surface area contributed by atoms with Crippen molar-refractivity contribution in [2.45, 2.75) is 25.8 Å². The summed E-state index contributed by atoms with van der Waals surface area (Å²) in [5.41, 5.74) is 1.22. The minimum absolute atomic E-state index is 0.346. The molecule has 1 heterocycles. The van der Waals surface area contributed by atoms with Gasteiger partial charge >= 0.3 is 0 Å². The number of aromatic nitrogens is 2. The molecule has 0 amide bonds. The molecular weight excluding hydrogens is 202 g/mol. The summed E-state index contributed by atoms with van der Waals surface area (Å²) in [7, 11) is 1.93. The van der Waals surface area contributed by atoms with Crippen molar-refractivity contribution in [2.24, 2.45) is 18.9 Å². The molecule has 1 aromatic heterocycles. The summed E-state index contributed by atoms with van der Waals surface area (Å²) in [6.07, 6.45) is 7.64. The Morgan fingerprint density at radius 1 is 1.50 bits per heavy atom. The third kappa shape index (κ3) is 2.83. The highest BCUT2D eigenvalue weighted by molar-refractivity contribution is 5.02. The molecule has 1 aromatic rings. The first-order valence-corrected chi connectivity index (χ1v) is 6.08. The molecule has 1 fully saturated rings. The smallest absolute Gasteiger partial charge is 0.0534 e. The van der Waals surface area contributed by atoms with Crippen LogP contribution in [0.2, 0.25) is 0 Å². The molecule has 0 bridgehead atoms. The molecule has 90 valence electrons.